The van der Waals surface area contributed by atoms with Crippen molar-refractivity contribution in [2.75, 3.05) is 0 Å². The summed E-state index contributed by atoms with van der Waals surface area (Å²) in [6.45, 7) is 3.74. The van der Waals surface area contributed by atoms with Crippen molar-refractivity contribution in [3.63, 3.8) is 0 Å². The van der Waals surface area contributed by atoms with Gasteiger partial charge in [0.2, 0.25) is 11.8 Å². The lowest BCUT2D eigenvalue weighted by atomic mass is 9.77. The largest absolute Gasteiger partial charge is 0.511 e. The number of nitrogens with zero attached hydrogens (tertiary/aromatic N) is 1. The first-order valence-corrected chi connectivity index (χ1v) is 9.28. The van der Waals surface area contributed by atoms with Crippen LogP contribution in [0.4, 0.5) is 5.69 Å². The molecule has 1 fully saturated rings. The van der Waals surface area contributed by atoms with E-state index in [2.05, 4.69) is 10.3 Å². The van der Waals surface area contributed by atoms with Crippen molar-refractivity contribution in [3.05, 3.63) is 41.7 Å². The van der Waals surface area contributed by atoms with Gasteiger partial charge in [-0.25, -0.2) is 0 Å². The lowest BCUT2D eigenvalue weighted by molar-refractivity contribution is -0.134. The fraction of sp³-hybridized carbons (Fsp3) is 0.429. The molecule has 6 heteroatoms. The fourth-order valence-corrected chi connectivity index (χ4v) is 3.79. The van der Waals surface area contributed by atoms with E-state index < -0.39 is 0 Å². The molecule has 0 radical (unpaired) electrons. The number of ketones is 1. The predicted molar refractivity (Wildman–Crippen MR) is 102 cm³/mol. The molecule has 0 spiro atoms. The summed E-state index contributed by atoms with van der Waals surface area (Å²) in [5.41, 5.74) is 1.37. The summed E-state index contributed by atoms with van der Waals surface area (Å²) in [7, 11) is 0. The number of hydrogen-bond donors (Lipinski definition) is 2. The summed E-state index contributed by atoms with van der Waals surface area (Å²) >= 11 is 0. The summed E-state index contributed by atoms with van der Waals surface area (Å²) in [6.07, 6.45) is 1.29. The molecule has 6 nitrogen and oxygen atoms in total. The van der Waals surface area contributed by atoms with Gasteiger partial charge in [0, 0.05) is 24.7 Å². The Hall–Kier alpha value is -2.76. The topological polar surface area (TPSA) is 95.8 Å². The van der Waals surface area contributed by atoms with Crippen molar-refractivity contribution in [2.45, 2.75) is 39.5 Å². The van der Waals surface area contributed by atoms with E-state index in [-0.39, 0.29) is 59.5 Å². The molecule has 2 atom stereocenters. The zero-order valence-electron chi connectivity index (χ0n) is 15.6. The summed E-state index contributed by atoms with van der Waals surface area (Å²) < 4.78 is 0. The van der Waals surface area contributed by atoms with E-state index in [1.54, 1.807) is 0 Å². The average molecular weight is 368 g/mol. The predicted octanol–water partition coefficient (Wildman–Crippen LogP) is 3.26. The molecule has 0 aromatic heterocycles. The second-order valence-corrected chi connectivity index (χ2v) is 7.51. The van der Waals surface area contributed by atoms with Crippen LogP contribution < -0.4 is 5.32 Å². The van der Waals surface area contributed by atoms with Gasteiger partial charge in [-0.2, -0.15) is 0 Å². The highest BCUT2D eigenvalue weighted by atomic mass is 16.3. The van der Waals surface area contributed by atoms with Crippen LogP contribution >= 0.6 is 0 Å². The zero-order valence-corrected chi connectivity index (χ0v) is 15.6. The van der Waals surface area contributed by atoms with Gasteiger partial charge in [0.15, 0.2) is 5.78 Å². The third-order valence-electron chi connectivity index (χ3n) is 5.14. The van der Waals surface area contributed by atoms with Crippen LogP contribution in [0.1, 0.15) is 39.5 Å². The number of carbonyl (C=O) groups is 3. The van der Waals surface area contributed by atoms with Crippen LogP contribution in [0.2, 0.25) is 0 Å². The maximum Gasteiger partial charge on any atom is 0.226 e. The van der Waals surface area contributed by atoms with Crippen LogP contribution in [0.5, 0.6) is 0 Å². The van der Waals surface area contributed by atoms with Crippen molar-refractivity contribution >= 4 is 29.0 Å². The SMILES string of the molecule is C[C@@H]1C[C@H](C)C(O)=C(C(CC2CC(=O)NC(=O)C2)=Nc2ccccc2)C1=O. The molecule has 1 aliphatic heterocycles. The van der Waals surface area contributed by atoms with Crippen LogP contribution in [0, 0.1) is 17.8 Å². The van der Waals surface area contributed by atoms with E-state index in [0.29, 0.717) is 24.2 Å². The van der Waals surface area contributed by atoms with Crippen molar-refractivity contribution in [1.82, 2.24) is 5.32 Å². The molecule has 3 rings (SSSR count). The molecule has 0 unspecified atom stereocenters. The Morgan fingerprint density at radius 3 is 2.33 bits per heavy atom. The quantitative estimate of drug-likeness (QED) is 0.630. The number of benzene rings is 1. The van der Waals surface area contributed by atoms with Gasteiger partial charge < -0.3 is 5.11 Å². The first-order valence-electron chi connectivity index (χ1n) is 9.28. The van der Waals surface area contributed by atoms with Crippen LogP contribution in [0.15, 0.2) is 46.7 Å². The van der Waals surface area contributed by atoms with Gasteiger partial charge in [-0.3, -0.25) is 24.7 Å². The zero-order chi connectivity index (χ0) is 19.6. The number of Topliss-reactive ketones (excluding diaryl/α,β-unsaturated/α-hetero) is 1. The second kappa shape index (κ2) is 7.86. The average Bonchev–Trinajstić information content (AvgIpc) is 2.60. The van der Waals surface area contributed by atoms with Crippen molar-refractivity contribution in [2.24, 2.45) is 22.7 Å². The van der Waals surface area contributed by atoms with Gasteiger partial charge in [0.05, 0.1) is 17.0 Å². The molecule has 27 heavy (non-hydrogen) atoms. The molecule has 2 N–H and O–H groups in total. The molecule has 1 heterocycles. The smallest absolute Gasteiger partial charge is 0.226 e. The number of aliphatic hydroxyl groups is 1. The Morgan fingerprint density at radius 2 is 1.70 bits per heavy atom. The number of imide groups is 1. The Kier molecular flexibility index (Phi) is 5.54. The van der Waals surface area contributed by atoms with E-state index in [4.69, 9.17) is 0 Å². The van der Waals surface area contributed by atoms with Gasteiger partial charge in [-0.1, -0.05) is 32.0 Å². The minimum absolute atomic E-state index is 0.0550. The molecule has 142 valence electrons. The van der Waals surface area contributed by atoms with Gasteiger partial charge >= 0.3 is 0 Å². The van der Waals surface area contributed by atoms with E-state index in [1.807, 2.05) is 44.2 Å². The van der Waals surface area contributed by atoms with Gasteiger partial charge in [0.25, 0.3) is 0 Å². The molecule has 2 aliphatic rings. The Balaban J connectivity index is 2.01. The minimum Gasteiger partial charge on any atom is -0.511 e. The molecular weight excluding hydrogens is 344 g/mol. The number of allylic oxidation sites excluding steroid dienone is 2. The highest BCUT2D eigenvalue weighted by Crippen LogP contribution is 2.33. The molecule has 1 saturated heterocycles. The third-order valence-corrected chi connectivity index (χ3v) is 5.14. The lowest BCUT2D eigenvalue weighted by Crippen LogP contribution is -2.39. The Labute approximate surface area is 158 Å². The number of rotatable bonds is 4. The first-order chi connectivity index (χ1) is 12.8. The van der Waals surface area contributed by atoms with Crippen LogP contribution in [0.3, 0.4) is 0 Å². The molecule has 1 aromatic rings. The lowest BCUT2D eigenvalue weighted by Gasteiger charge is -2.28. The molecular formula is C21H24N2O4. The van der Waals surface area contributed by atoms with E-state index in [0.717, 1.165) is 0 Å². The number of nitrogens with one attached hydrogen (secondary N) is 1. The van der Waals surface area contributed by atoms with Crippen molar-refractivity contribution < 1.29 is 19.5 Å². The number of para-hydroxylation sites is 1. The summed E-state index contributed by atoms with van der Waals surface area (Å²) in [4.78, 5) is 40.9. The standard InChI is InChI=1S/C21H24N2O4/c1-12-8-13(2)21(27)19(20(12)26)16(22-15-6-4-3-5-7-15)9-14-10-17(24)23-18(25)11-14/h3-7,12-14,26H,8-11H2,1-2H3,(H,23,24,25)/t12-,13+/m0/s1. The monoisotopic (exact) mass is 368 g/mol. The number of aliphatic hydroxyl groups excluding tert-OH is 1. The Bertz CT molecular complexity index is 810. The highest BCUT2D eigenvalue weighted by molar-refractivity contribution is 6.24. The normalized spacial score (nSPS) is 25.0. The second-order valence-electron chi connectivity index (χ2n) is 7.51. The van der Waals surface area contributed by atoms with Gasteiger partial charge in [-0.05, 0) is 30.9 Å². The fourth-order valence-electron chi connectivity index (χ4n) is 3.79. The molecule has 1 aromatic carbocycles. The third kappa shape index (κ3) is 4.32. The summed E-state index contributed by atoms with van der Waals surface area (Å²) in [6, 6.07) is 9.19. The highest BCUT2D eigenvalue weighted by Gasteiger charge is 2.36. The van der Waals surface area contributed by atoms with Gasteiger partial charge in [0.1, 0.15) is 5.76 Å². The molecule has 0 bridgehead atoms. The van der Waals surface area contributed by atoms with E-state index in [1.165, 1.54) is 0 Å². The maximum atomic E-state index is 12.8. The van der Waals surface area contributed by atoms with Crippen molar-refractivity contribution in [3.8, 4) is 0 Å². The van der Waals surface area contributed by atoms with Gasteiger partial charge in [-0.15, -0.1) is 0 Å². The number of aliphatic imine (C=N–C) groups is 1. The van der Waals surface area contributed by atoms with Crippen LogP contribution in [-0.2, 0) is 14.4 Å². The van der Waals surface area contributed by atoms with Crippen molar-refractivity contribution in [1.29, 1.82) is 0 Å². The number of carbonyl (C=O) groups excluding carboxylic acids is 3. The Morgan fingerprint density at radius 1 is 1.07 bits per heavy atom. The molecule has 2 amide bonds. The molecule has 1 aliphatic carbocycles. The van der Waals surface area contributed by atoms with E-state index >= 15 is 0 Å². The number of hydrogen-bond acceptors (Lipinski definition) is 5. The minimum atomic E-state index is -0.315. The molecule has 0 saturated carbocycles. The first kappa shape index (κ1) is 19.0. The summed E-state index contributed by atoms with van der Waals surface area (Å²) in [5, 5.41) is 12.9. The van der Waals surface area contributed by atoms with Crippen LogP contribution in [0.25, 0.3) is 0 Å². The summed E-state index contributed by atoms with van der Waals surface area (Å²) in [5.74, 6) is -1.29. The maximum absolute atomic E-state index is 12.8. The van der Waals surface area contributed by atoms with E-state index in [9.17, 15) is 19.5 Å². The number of piperidine rings is 1. The van der Waals surface area contributed by atoms with Crippen LogP contribution in [-0.4, -0.2) is 28.4 Å². The number of amides is 2.